The minimum atomic E-state index is 0.461. The van der Waals surface area contributed by atoms with Gasteiger partial charge in [0.15, 0.2) is 0 Å². The maximum atomic E-state index is 5.73. The number of likely N-dealkylation sites (tertiary alicyclic amines) is 1. The quantitative estimate of drug-likeness (QED) is 0.811. The largest absolute Gasteiger partial charge is 0.389 e. The van der Waals surface area contributed by atoms with Gasteiger partial charge in [-0.25, -0.2) is 0 Å². The van der Waals surface area contributed by atoms with Crippen LogP contribution in [0.1, 0.15) is 24.8 Å². The molecule has 104 valence electrons. The van der Waals surface area contributed by atoms with Crippen molar-refractivity contribution < 1.29 is 0 Å². The van der Waals surface area contributed by atoms with E-state index in [2.05, 4.69) is 17.3 Å². The molecule has 0 saturated carbocycles. The van der Waals surface area contributed by atoms with Gasteiger partial charge in [-0.1, -0.05) is 24.4 Å². The number of rotatable bonds is 5. The van der Waals surface area contributed by atoms with Gasteiger partial charge >= 0.3 is 0 Å². The van der Waals surface area contributed by atoms with Gasteiger partial charge in [0.25, 0.3) is 0 Å². The highest BCUT2D eigenvalue weighted by atomic mass is 32.1. The zero-order valence-electron chi connectivity index (χ0n) is 11.6. The molecule has 1 saturated heterocycles. The Morgan fingerprint density at radius 1 is 1.37 bits per heavy atom. The van der Waals surface area contributed by atoms with Gasteiger partial charge in [-0.3, -0.25) is 0 Å². The number of hydrogen-bond acceptors (Lipinski definition) is 3. The molecule has 1 heterocycles. The Balaban J connectivity index is 1.81. The smallest absolute Gasteiger partial charge is 0.106 e. The lowest BCUT2D eigenvalue weighted by molar-refractivity contribution is 0.215. The molecular formula is C15H23N3S. The van der Waals surface area contributed by atoms with Crippen LogP contribution in [0.3, 0.4) is 0 Å². The first-order chi connectivity index (χ1) is 9.16. The molecular weight excluding hydrogens is 254 g/mol. The molecule has 1 aliphatic heterocycles. The predicted molar refractivity (Wildman–Crippen MR) is 85.7 cm³/mol. The second kappa shape index (κ2) is 6.87. The summed E-state index contributed by atoms with van der Waals surface area (Å²) in [4.78, 5) is 2.87. The summed E-state index contributed by atoms with van der Waals surface area (Å²) in [6.45, 7) is 3.45. The van der Waals surface area contributed by atoms with E-state index < -0.39 is 0 Å². The lowest BCUT2D eigenvalue weighted by Crippen LogP contribution is -2.30. The van der Waals surface area contributed by atoms with E-state index in [1.165, 1.54) is 32.4 Å². The fraction of sp³-hybridized carbons (Fsp3) is 0.533. The van der Waals surface area contributed by atoms with Gasteiger partial charge < -0.3 is 16.0 Å². The molecule has 2 rings (SSSR count). The van der Waals surface area contributed by atoms with E-state index in [1.807, 2.05) is 24.3 Å². The molecule has 0 amide bonds. The highest BCUT2D eigenvalue weighted by Crippen LogP contribution is 2.20. The molecule has 19 heavy (non-hydrogen) atoms. The summed E-state index contributed by atoms with van der Waals surface area (Å²) in [6.07, 6.45) is 3.85. The van der Waals surface area contributed by atoms with Crippen molar-refractivity contribution in [3.63, 3.8) is 0 Å². The number of nitrogens with two attached hydrogens (primary N) is 1. The van der Waals surface area contributed by atoms with Crippen molar-refractivity contribution in [1.82, 2.24) is 4.90 Å². The summed E-state index contributed by atoms with van der Waals surface area (Å²) >= 11 is 5.07. The van der Waals surface area contributed by atoms with Crippen LogP contribution < -0.4 is 11.1 Å². The molecule has 0 aliphatic carbocycles. The normalized spacial score (nSPS) is 17.3. The minimum absolute atomic E-state index is 0.461. The standard InChI is InChI=1S/C15H23N3S/c1-18-10-7-12(8-11-18)6-9-17-14-5-3-2-4-13(14)15(16)19/h2-5,12,17H,6-11H2,1H3,(H2,16,19). The Bertz CT molecular complexity index is 425. The van der Waals surface area contributed by atoms with Crippen molar-refractivity contribution in [3.05, 3.63) is 29.8 Å². The first-order valence-electron chi connectivity index (χ1n) is 6.98. The molecule has 0 bridgehead atoms. The number of para-hydroxylation sites is 1. The average molecular weight is 277 g/mol. The average Bonchev–Trinajstić information content (AvgIpc) is 2.41. The Kier molecular flexibility index (Phi) is 5.16. The number of nitrogens with zero attached hydrogens (tertiary/aromatic N) is 1. The first kappa shape index (κ1) is 14.3. The number of nitrogens with one attached hydrogen (secondary N) is 1. The van der Waals surface area contributed by atoms with Crippen LogP contribution in [0, 0.1) is 5.92 Å². The van der Waals surface area contributed by atoms with Crippen molar-refractivity contribution in [1.29, 1.82) is 0 Å². The maximum Gasteiger partial charge on any atom is 0.106 e. The second-order valence-electron chi connectivity index (χ2n) is 5.37. The van der Waals surface area contributed by atoms with Crippen LogP contribution in [-0.4, -0.2) is 36.6 Å². The van der Waals surface area contributed by atoms with Crippen LogP contribution in [0.15, 0.2) is 24.3 Å². The summed E-state index contributed by atoms with van der Waals surface area (Å²) in [5.41, 5.74) is 7.73. The van der Waals surface area contributed by atoms with E-state index in [9.17, 15) is 0 Å². The molecule has 0 radical (unpaired) electrons. The Morgan fingerprint density at radius 3 is 2.74 bits per heavy atom. The summed E-state index contributed by atoms with van der Waals surface area (Å²) in [7, 11) is 2.20. The van der Waals surface area contributed by atoms with E-state index in [0.717, 1.165) is 23.7 Å². The summed E-state index contributed by atoms with van der Waals surface area (Å²) < 4.78 is 0. The third-order valence-electron chi connectivity index (χ3n) is 3.90. The lowest BCUT2D eigenvalue weighted by atomic mass is 9.94. The second-order valence-corrected chi connectivity index (χ2v) is 5.81. The molecule has 1 fully saturated rings. The van der Waals surface area contributed by atoms with Gasteiger partial charge in [0, 0.05) is 17.8 Å². The van der Waals surface area contributed by atoms with E-state index in [0.29, 0.717) is 4.99 Å². The van der Waals surface area contributed by atoms with Gasteiger partial charge in [0.05, 0.1) is 0 Å². The summed E-state index contributed by atoms with van der Waals surface area (Å²) in [6, 6.07) is 8.00. The van der Waals surface area contributed by atoms with Gasteiger partial charge in [0.2, 0.25) is 0 Å². The number of anilines is 1. The molecule has 0 spiro atoms. The van der Waals surface area contributed by atoms with Crippen molar-refractivity contribution in [3.8, 4) is 0 Å². The Morgan fingerprint density at radius 2 is 2.05 bits per heavy atom. The van der Waals surface area contributed by atoms with E-state index >= 15 is 0 Å². The minimum Gasteiger partial charge on any atom is -0.389 e. The van der Waals surface area contributed by atoms with Crippen molar-refractivity contribution >= 4 is 22.9 Å². The van der Waals surface area contributed by atoms with Gasteiger partial charge in [-0.15, -0.1) is 0 Å². The third-order valence-corrected chi connectivity index (χ3v) is 4.12. The monoisotopic (exact) mass is 277 g/mol. The molecule has 1 aromatic carbocycles. The Hall–Kier alpha value is -1.13. The number of thiocarbonyl (C=S) groups is 1. The summed E-state index contributed by atoms with van der Waals surface area (Å²) in [5, 5.41) is 3.47. The van der Waals surface area contributed by atoms with Crippen LogP contribution in [0.4, 0.5) is 5.69 Å². The van der Waals surface area contributed by atoms with Crippen molar-refractivity contribution in [2.24, 2.45) is 11.7 Å². The summed E-state index contributed by atoms with van der Waals surface area (Å²) in [5.74, 6) is 0.848. The molecule has 0 atom stereocenters. The Labute approximate surface area is 121 Å². The number of benzene rings is 1. The number of piperidine rings is 1. The predicted octanol–water partition coefficient (Wildman–Crippen LogP) is 2.46. The van der Waals surface area contributed by atoms with Gasteiger partial charge in [-0.05, 0) is 57.5 Å². The highest BCUT2D eigenvalue weighted by molar-refractivity contribution is 7.80. The van der Waals surface area contributed by atoms with E-state index in [4.69, 9.17) is 18.0 Å². The maximum absolute atomic E-state index is 5.73. The molecule has 3 N–H and O–H groups in total. The fourth-order valence-electron chi connectivity index (χ4n) is 2.61. The fourth-order valence-corrected chi connectivity index (χ4v) is 2.79. The SMILES string of the molecule is CN1CCC(CCNc2ccccc2C(N)=S)CC1. The lowest BCUT2D eigenvalue weighted by Gasteiger charge is -2.29. The zero-order valence-corrected chi connectivity index (χ0v) is 12.4. The van der Waals surface area contributed by atoms with Crippen LogP contribution in [0.25, 0.3) is 0 Å². The third kappa shape index (κ3) is 4.18. The highest BCUT2D eigenvalue weighted by Gasteiger charge is 2.16. The topological polar surface area (TPSA) is 41.3 Å². The molecule has 4 heteroatoms. The zero-order chi connectivity index (χ0) is 13.7. The van der Waals surface area contributed by atoms with Crippen molar-refractivity contribution in [2.75, 3.05) is 32.0 Å². The molecule has 0 unspecified atom stereocenters. The van der Waals surface area contributed by atoms with Crippen molar-refractivity contribution in [2.45, 2.75) is 19.3 Å². The number of hydrogen-bond donors (Lipinski definition) is 2. The van der Waals surface area contributed by atoms with Gasteiger partial charge in [-0.2, -0.15) is 0 Å². The van der Waals surface area contributed by atoms with Crippen LogP contribution >= 0.6 is 12.2 Å². The van der Waals surface area contributed by atoms with E-state index in [1.54, 1.807) is 0 Å². The molecule has 0 aromatic heterocycles. The van der Waals surface area contributed by atoms with Crippen LogP contribution in [-0.2, 0) is 0 Å². The van der Waals surface area contributed by atoms with Crippen LogP contribution in [0.2, 0.25) is 0 Å². The first-order valence-corrected chi connectivity index (χ1v) is 7.39. The molecule has 1 aromatic rings. The molecule has 1 aliphatic rings. The van der Waals surface area contributed by atoms with E-state index in [-0.39, 0.29) is 0 Å². The molecule has 3 nitrogen and oxygen atoms in total. The van der Waals surface area contributed by atoms with Crippen LogP contribution in [0.5, 0.6) is 0 Å². The van der Waals surface area contributed by atoms with Gasteiger partial charge in [0.1, 0.15) is 4.99 Å².